The molecule has 0 N–H and O–H groups in total. The Bertz CT molecular complexity index is 683. The normalized spacial score (nSPS) is 17.9. The number of hydrogen-bond acceptors (Lipinski definition) is 5. The summed E-state index contributed by atoms with van der Waals surface area (Å²) < 4.78 is 1.68. The molecule has 1 aliphatic rings. The first kappa shape index (κ1) is 17.0. The molecule has 1 aromatic carbocycles. The molecule has 7 heteroatoms. The summed E-state index contributed by atoms with van der Waals surface area (Å²) in [5.74, 6) is 2.76. The van der Waals surface area contributed by atoms with Gasteiger partial charge in [0.25, 0.3) is 0 Å². The summed E-state index contributed by atoms with van der Waals surface area (Å²) in [5, 5.41) is 11.5. The van der Waals surface area contributed by atoms with Crippen molar-refractivity contribution in [1.82, 2.24) is 25.1 Å². The minimum atomic E-state index is 0.229. The van der Waals surface area contributed by atoms with Gasteiger partial charge in [-0.25, -0.2) is 0 Å². The van der Waals surface area contributed by atoms with Gasteiger partial charge in [-0.05, 0) is 65.8 Å². The molecule has 1 fully saturated rings. The molecule has 1 aliphatic heterocycles. The number of aromatic nitrogens is 4. The lowest BCUT2D eigenvalue weighted by atomic mass is 9.99. The van der Waals surface area contributed by atoms with Gasteiger partial charge < -0.3 is 4.90 Å². The zero-order chi connectivity index (χ0) is 16.9. The molecule has 2 heterocycles. The Morgan fingerprint density at radius 2 is 2.12 bits per heavy atom. The Morgan fingerprint density at radius 3 is 2.79 bits per heavy atom. The van der Waals surface area contributed by atoms with Crippen molar-refractivity contribution in [3.8, 4) is 5.69 Å². The molecule has 24 heavy (non-hydrogen) atoms. The number of amides is 1. The summed E-state index contributed by atoms with van der Waals surface area (Å²) in [7, 11) is 0. The molecular formula is C17H23N5OS. The highest BCUT2D eigenvalue weighted by atomic mass is 32.2. The molecule has 3 rings (SSSR count). The number of nitrogens with zero attached hydrogens (tertiary/aromatic N) is 5. The van der Waals surface area contributed by atoms with Crippen molar-refractivity contribution in [3.63, 3.8) is 0 Å². The molecule has 0 bridgehead atoms. The van der Waals surface area contributed by atoms with Gasteiger partial charge in [0.05, 0.1) is 12.1 Å². The van der Waals surface area contributed by atoms with Gasteiger partial charge in [-0.15, -0.1) is 5.10 Å². The average molecular weight is 345 g/mol. The fourth-order valence-corrected chi connectivity index (χ4v) is 3.92. The van der Waals surface area contributed by atoms with Crippen molar-refractivity contribution in [2.24, 2.45) is 5.92 Å². The van der Waals surface area contributed by atoms with Gasteiger partial charge in [0, 0.05) is 13.1 Å². The van der Waals surface area contributed by atoms with Crippen LogP contribution in [0.4, 0.5) is 0 Å². The maximum Gasteiger partial charge on any atom is 0.226 e. The van der Waals surface area contributed by atoms with Crippen LogP contribution in [0.25, 0.3) is 5.69 Å². The SMILES string of the molecule is CSCC1CCCN(C(=O)Cc2ccc(-n3nnnc3C)cc2)C1. The van der Waals surface area contributed by atoms with E-state index in [2.05, 4.69) is 21.8 Å². The largest absolute Gasteiger partial charge is 0.342 e. The van der Waals surface area contributed by atoms with Gasteiger partial charge in [-0.2, -0.15) is 16.4 Å². The fourth-order valence-electron chi connectivity index (χ4n) is 3.18. The average Bonchev–Trinajstić information content (AvgIpc) is 3.02. The highest BCUT2D eigenvalue weighted by Crippen LogP contribution is 2.20. The predicted octanol–water partition coefficient (Wildman–Crippen LogP) is 2.11. The summed E-state index contributed by atoms with van der Waals surface area (Å²) in [6.07, 6.45) is 4.95. The number of aryl methyl sites for hydroxylation is 1. The van der Waals surface area contributed by atoms with Gasteiger partial charge in [-0.1, -0.05) is 12.1 Å². The van der Waals surface area contributed by atoms with Crippen LogP contribution in [0.1, 0.15) is 24.2 Å². The molecule has 0 spiro atoms. The summed E-state index contributed by atoms with van der Waals surface area (Å²) in [5.41, 5.74) is 1.94. The highest BCUT2D eigenvalue weighted by molar-refractivity contribution is 7.98. The van der Waals surface area contributed by atoms with Crippen LogP contribution in [0.5, 0.6) is 0 Å². The van der Waals surface area contributed by atoms with E-state index in [1.165, 1.54) is 6.42 Å². The van der Waals surface area contributed by atoms with E-state index >= 15 is 0 Å². The van der Waals surface area contributed by atoms with Crippen molar-refractivity contribution in [2.75, 3.05) is 25.1 Å². The van der Waals surface area contributed by atoms with Crippen LogP contribution in [0.15, 0.2) is 24.3 Å². The molecule has 1 aromatic heterocycles. The van der Waals surface area contributed by atoms with Crippen LogP contribution in [0.3, 0.4) is 0 Å². The third kappa shape index (κ3) is 3.95. The van der Waals surface area contributed by atoms with E-state index < -0.39 is 0 Å². The molecule has 1 atom stereocenters. The first-order valence-corrected chi connectivity index (χ1v) is 9.67. The maximum absolute atomic E-state index is 12.6. The number of tetrazole rings is 1. The molecule has 1 saturated heterocycles. The second kappa shape index (κ2) is 7.79. The summed E-state index contributed by atoms with van der Waals surface area (Å²) in [4.78, 5) is 14.6. The summed E-state index contributed by atoms with van der Waals surface area (Å²) in [6.45, 7) is 3.66. The van der Waals surface area contributed by atoms with Crippen LogP contribution in [0.2, 0.25) is 0 Å². The van der Waals surface area contributed by atoms with Crippen LogP contribution in [-0.4, -0.2) is 56.1 Å². The van der Waals surface area contributed by atoms with E-state index in [1.54, 1.807) is 4.68 Å². The van der Waals surface area contributed by atoms with Crippen LogP contribution in [-0.2, 0) is 11.2 Å². The zero-order valence-electron chi connectivity index (χ0n) is 14.2. The predicted molar refractivity (Wildman–Crippen MR) is 95.3 cm³/mol. The van der Waals surface area contributed by atoms with E-state index in [9.17, 15) is 4.79 Å². The molecule has 1 unspecified atom stereocenters. The van der Waals surface area contributed by atoms with Crippen molar-refractivity contribution in [1.29, 1.82) is 0 Å². The lowest BCUT2D eigenvalue weighted by Crippen LogP contribution is -2.41. The Balaban J connectivity index is 1.61. The molecule has 128 valence electrons. The van der Waals surface area contributed by atoms with Crippen LogP contribution >= 0.6 is 11.8 Å². The first-order chi connectivity index (χ1) is 11.7. The Kier molecular flexibility index (Phi) is 5.50. The number of thioether (sulfide) groups is 1. The second-order valence-corrected chi connectivity index (χ2v) is 7.20. The van der Waals surface area contributed by atoms with Crippen molar-refractivity contribution in [3.05, 3.63) is 35.7 Å². The van der Waals surface area contributed by atoms with Gasteiger partial charge >= 0.3 is 0 Å². The van der Waals surface area contributed by atoms with Gasteiger partial charge in [-0.3, -0.25) is 4.79 Å². The van der Waals surface area contributed by atoms with Crippen molar-refractivity contribution >= 4 is 17.7 Å². The van der Waals surface area contributed by atoms with E-state index in [-0.39, 0.29) is 5.91 Å². The first-order valence-electron chi connectivity index (χ1n) is 8.28. The Morgan fingerprint density at radius 1 is 1.33 bits per heavy atom. The quantitative estimate of drug-likeness (QED) is 0.830. The van der Waals surface area contributed by atoms with Crippen LogP contribution in [0, 0.1) is 12.8 Å². The lowest BCUT2D eigenvalue weighted by molar-refractivity contribution is -0.132. The monoisotopic (exact) mass is 345 g/mol. The van der Waals surface area contributed by atoms with Gasteiger partial charge in [0.1, 0.15) is 0 Å². The maximum atomic E-state index is 12.6. The molecule has 1 amide bonds. The Labute approximate surface area is 146 Å². The highest BCUT2D eigenvalue weighted by Gasteiger charge is 2.23. The number of carbonyl (C=O) groups is 1. The molecule has 2 aromatic rings. The molecule has 0 saturated carbocycles. The molecule has 0 radical (unpaired) electrons. The standard InChI is InChI=1S/C17H23N5OS/c1-13-18-19-20-22(13)16-7-5-14(6-8-16)10-17(23)21-9-3-4-15(11-21)12-24-2/h5-8,15H,3-4,9-12H2,1-2H3. The summed E-state index contributed by atoms with van der Waals surface area (Å²) >= 11 is 1.87. The number of rotatable bonds is 5. The fraction of sp³-hybridized carbons (Fsp3) is 0.529. The van der Waals surface area contributed by atoms with E-state index in [4.69, 9.17) is 0 Å². The minimum absolute atomic E-state index is 0.229. The lowest BCUT2D eigenvalue weighted by Gasteiger charge is -2.32. The number of piperidine rings is 1. The van der Waals surface area contributed by atoms with Gasteiger partial charge in [0.2, 0.25) is 5.91 Å². The van der Waals surface area contributed by atoms with E-state index in [1.807, 2.05) is 47.9 Å². The van der Waals surface area contributed by atoms with Crippen molar-refractivity contribution < 1.29 is 4.79 Å². The topological polar surface area (TPSA) is 63.9 Å². The van der Waals surface area contributed by atoms with Crippen molar-refractivity contribution in [2.45, 2.75) is 26.2 Å². The number of hydrogen-bond donors (Lipinski definition) is 0. The number of carbonyl (C=O) groups excluding carboxylic acids is 1. The number of likely N-dealkylation sites (tertiary alicyclic amines) is 1. The van der Waals surface area contributed by atoms with Gasteiger partial charge in [0.15, 0.2) is 5.82 Å². The third-order valence-electron chi connectivity index (χ3n) is 4.44. The van der Waals surface area contributed by atoms with E-state index in [0.29, 0.717) is 12.3 Å². The summed E-state index contributed by atoms with van der Waals surface area (Å²) in [6, 6.07) is 7.88. The van der Waals surface area contributed by atoms with E-state index in [0.717, 1.165) is 42.3 Å². The smallest absolute Gasteiger partial charge is 0.226 e. The Hall–Kier alpha value is -1.89. The third-order valence-corrected chi connectivity index (χ3v) is 5.24. The minimum Gasteiger partial charge on any atom is -0.342 e. The molecular weight excluding hydrogens is 322 g/mol. The number of benzene rings is 1. The second-order valence-electron chi connectivity index (χ2n) is 6.28. The molecule has 6 nitrogen and oxygen atoms in total. The van der Waals surface area contributed by atoms with Crippen LogP contribution < -0.4 is 0 Å². The molecule has 0 aliphatic carbocycles. The zero-order valence-corrected chi connectivity index (χ0v) is 15.0.